The zero-order chi connectivity index (χ0) is 20.8. The minimum absolute atomic E-state index is 0.662. The van der Waals surface area contributed by atoms with Crippen molar-refractivity contribution in [1.29, 1.82) is 0 Å². The molecule has 1 atom stereocenters. The number of aromatic nitrogens is 1. The van der Waals surface area contributed by atoms with Crippen LogP contribution in [0.25, 0.3) is 32.6 Å². The largest absolute Gasteiger partial charge is 0.481 e. The van der Waals surface area contributed by atoms with E-state index in [1.54, 1.807) is 18.3 Å². The Morgan fingerprint density at radius 1 is 1.03 bits per heavy atom. The summed E-state index contributed by atoms with van der Waals surface area (Å²) >= 11 is 1.78. The van der Waals surface area contributed by atoms with Crippen molar-refractivity contribution < 1.29 is 9.90 Å². The topological polar surface area (TPSA) is 50.2 Å². The molecule has 1 N–H and O–H groups in total. The fourth-order valence-corrected chi connectivity index (χ4v) is 5.79. The third kappa shape index (κ3) is 3.03. The van der Waals surface area contributed by atoms with Gasteiger partial charge in [-0.1, -0.05) is 60.2 Å². The number of carboxylic acids is 1. The number of nitrogens with zero attached hydrogens (tertiary/aromatic N) is 1. The van der Waals surface area contributed by atoms with Crippen LogP contribution in [0.3, 0.4) is 0 Å². The van der Waals surface area contributed by atoms with Gasteiger partial charge in [0.05, 0.1) is 11.6 Å². The number of hydrogen-bond donors (Lipinski definition) is 1. The van der Waals surface area contributed by atoms with Crippen molar-refractivity contribution in [2.24, 2.45) is 0 Å². The summed E-state index contributed by atoms with van der Waals surface area (Å²) in [5.41, 5.74) is 7.25. The number of rotatable bonds is 4. The Hall–Kier alpha value is -2.98. The molecule has 0 saturated carbocycles. The van der Waals surface area contributed by atoms with E-state index in [0.717, 1.165) is 52.0 Å². The summed E-state index contributed by atoms with van der Waals surface area (Å²) in [6.45, 7) is 3.85. The first-order valence-electron chi connectivity index (χ1n) is 10.4. The van der Waals surface area contributed by atoms with E-state index in [2.05, 4.69) is 31.2 Å². The van der Waals surface area contributed by atoms with Crippen molar-refractivity contribution in [2.45, 2.75) is 39.0 Å². The van der Waals surface area contributed by atoms with E-state index in [9.17, 15) is 9.90 Å². The van der Waals surface area contributed by atoms with Crippen molar-refractivity contribution in [3.05, 3.63) is 76.2 Å². The zero-order valence-corrected chi connectivity index (χ0v) is 17.9. The average Bonchev–Trinajstić information content (AvgIpc) is 3.34. The van der Waals surface area contributed by atoms with Crippen molar-refractivity contribution in [1.82, 2.24) is 4.98 Å². The molecule has 0 amide bonds. The van der Waals surface area contributed by atoms with Gasteiger partial charge in [-0.25, -0.2) is 4.98 Å². The number of fused-ring (bicyclic) bond motifs is 3. The number of carboxylic acid groups (broad SMARTS) is 1. The molecule has 4 heteroatoms. The molecule has 0 bridgehead atoms. The zero-order valence-electron chi connectivity index (χ0n) is 17.1. The van der Waals surface area contributed by atoms with E-state index >= 15 is 0 Å². The first-order chi connectivity index (χ1) is 14.5. The second-order valence-corrected chi connectivity index (χ2v) is 9.16. The minimum Gasteiger partial charge on any atom is -0.481 e. The Morgan fingerprint density at radius 2 is 1.77 bits per heavy atom. The molecule has 0 saturated heterocycles. The van der Waals surface area contributed by atoms with Crippen LogP contribution in [-0.4, -0.2) is 16.1 Å². The number of benzene rings is 2. The van der Waals surface area contributed by atoms with Crippen LogP contribution in [0.1, 0.15) is 40.8 Å². The van der Waals surface area contributed by atoms with Crippen LogP contribution in [0.2, 0.25) is 0 Å². The second-order valence-electron chi connectivity index (χ2n) is 8.08. The number of pyridine rings is 1. The van der Waals surface area contributed by atoms with Crippen molar-refractivity contribution in [3.8, 4) is 22.4 Å². The standard InChI is InChI=1S/C26H23NO2S/c1-15-11-13-17(14-12-15)22-21(16(2)26(28)29)24(18-7-4-3-5-8-18)27-25-23(22)19-9-6-10-20(19)30-25/h3-5,7-8,11-14,16H,6,9-10H2,1-2H3,(H,28,29). The molecule has 0 radical (unpaired) electrons. The first-order valence-corrected chi connectivity index (χ1v) is 11.2. The Morgan fingerprint density at radius 3 is 2.47 bits per heavy atom. The first kappa shape index (κ1) is 19.0. The van der Waals surface area contributed by atoms with Crippen LogP contribution in [0.15, 0.2) is 54.6 Å². The molecule has 1 aliphatic rings. The molecule has 2 aromatic carbocycles. The lowest BCUT2D eigenvalue weighted by Crippen LogP contribution is -2.12. The smallest absolute Gasteiger partial charge is 0.310 e. The lowest BCUT2D eigenvalue weighted by molar-refractivity contribution is -0.138. The molecular weight excluding hydrogens is 390 g/mol. The lowest BCUT2D eigenvalue weighted by atomic mass is 9.85. The quantitative estimate of drug-likeness (QED) is 0.409. The van der Waals surface area contributed by atoms with E-state index in [1.165, 1.54) is 21.4 Å². The molecule has 3 nitrogen and oxygen atoms in total. The summed E-state index contributed by atoms with van der Waals surface area (Å²) in [7, 11) is 0. The van der Waals surface area contributed by atoms with Gasteiger partial charge in [0, 0.05) is 21.4 Å². The maximum absolute atomic E-state index is 12.2. The fraction of sp³-hybridized carbons (Fsp3) is 0.231. The number of carbonyl (C=O) groups is 1. The predicted octanol–water partition coefficient (Wildman–Crippen LogP) is 6.62. The summed E-state index contributed by atoms with van der Waals surface area (Å²) < 4.78 is 0. The monoisotopic (exact) mass is 413 g/mol. The molecule has 150 valence electrons. The van der Waals surface area contributed by atoms with Gasteiger partial charge in [-0.05, 0) is 49.8 Å². The van der Waals surface area contributed by atoms with Gasteiger partial charge in [0.1, 0.15) is 4.83 Å². The van der Waals surface area contributed by atoms with E-state index in [0.29, 0.717) is 0 Å². The van der Waals surface area contributed by atoms with Crippen LogP contribution < -0.4 is 0 Å². The van der Waals surface area contributed by atoms with Gasteiger partial charge in [-0.15, -0.1) is 11.3 Å². The molecule has 2 heterocycles. The molecule has 30 heavy (non-hydrogen) atoms. The number of aryl methyl sites for hydroxylation is 3. The summed E-state index contributed by atoms with van der Waals surface area (Å²) in [5.74, 6) is -1.49. The van der Waals surface area contributed by atoms with Crippen molar-refractivity contribution >= 4 is 27.5 Å². The predicted molar refractivity (Wildman–Crippen MR) is 123 cm³/mol. The van der Waals surface area contributed by atoms with Crippen LogP contribution in [-0.2, 0) is 17.6 Å². The highest BCUT2D eigenvalue weighted by Gasteiger charge is 2.30. The SMILES string of the molecule is Cc1ccc(-c2c(C(C)C(=O)O)c(-c3ccccc3)nc3sc4c(c23)CCC4)cc1. The molecule has 2 aromatic heterocycles. The highest BCUT2D eigenvalue weighted by atomic mass is 32.1. The normalized spacial score (nSPS) is 14.1. The Kier molecular flexibility index (Phi) is 4.67. The summed E-state index contributed by atoms with van der Waals surface area (Å²) in [5, 5.41) is 11.2. The molecule has 0 fully saturated rings. The summed E-state index contributed by atoms with van der Waals surface area (Å²) in [4.78, 5) is 19.7. The average molecular weight is 414 g/mol. The Labute approximate surface area is 180 Å². The van der Waals surface area contributed by atoms with Crippen LogP contribution in [0.4, 0.5) is 0 Å². The Balaban J connectivity index is 1.95. The van der Waals surface area contributed by atoms with Crippen LogP contribution >= 0.6 is 11.3 Å². The summed E-state index contributed by atoms with van der Waals surface area (Å²) in [6.07, 6.45) is 3.30. The molecule has 1 aliphatic carbocycles. The maximum Gasteiger partial charge on any atom is 0.310 e. The van der Waals surface area contributed by atoms with Crippen molar-refractivity contribution in [2.75, 3.05) is 0 Å². The van der Waals surface area contributed by atoms with Gasteiger partial charge in [0.2, 0.25) is 0 Å². The molecule has 1 unspecified atom stereocenters. The highest BCUT2D eigenvalue weighted by Crippen LogP contribution is 2.47. The van der Waals surface area contributed by atoms with E-state index in [4.69, 9.17) is 4.98 Å². The molecule has 0 aliphatic heterocycles. The van der Waals surface area contributed by atoms with Gasteiger partial charge in [-0.3, -0.25) is 4.79 Å². The lowest BCUT2D eigenvalue weighted by Gasteiger charge is -2.20. The van der Waals surface area contributed by atoms with Gasteiger partial charge in [-0.2, -0.15) is 0 Å². The molecule has 4 aromatic rings. The van der Waals surface area contributed by atoms with Crippen LogP contribution in [0, 0.1) is 6.92 Å². The van der Waals surface area contributed by atoms with Gasteiger partial charge >= 0.3 is 5.97 Å². The Bertz CT molecular complexity index is 1260. The number of hydrogen-bond acceptors (Lipinski definition) is 3. The van der Waals surface area contributed by atoms with E-state index in [-0.39, 0.29) is 0 Å². The highest BCUT2D eigenvalue weighted by molar-refractivity contribution is 7.19. The van der Waals surface area contributed by atoms with E-state index in [1.807, 2.05) is 30.3 Å². The second kappa shape index (κ2) is 7.37. The number of thiophene rings is 1. The maximum atomic E-state index is 12.2. The minimum atomic E-state index is -0.825. The fourth-order valence-electron chi connectivity index (χ4n) is 4.52. The van der Waals surface area contributed by atoms with Crippen LogP contribution in [0.5, 0.6) is 0 Å². The third-order valence-electron chi connectivity index (χ3n) is 6.08. The molecule has 5 rings (SSSR count). The summed E-state index contributed by atoms with van der Waals surface area (Å²) in [6, 6.07) is 18.4. The number of aliphatic carboxylic acids is 1. The third-order valence-corrected chi connectivity index (χ3v) is 7.27. The molecular formula is C26H23NO2S. The van der Waals surface area contributed by atoms with E-state index < -0.39 is 11.9 Å². The van der Waals surface area contributed by atoms with Crippen molar-refractivity contribution in [3.63, 3.8) is 0 Å². The molecule has 0 spiro atoms. The van der Waals surface area contributed by atoms with Gasteiger partial charge < -0.3 is 5.11 Å². The van der Waals surface area contributed by atoms with Gasteiger partial charge in [0.25, 0.3) is 0 Å². The van der Waals surface area contributed by atoms with Gasteiger partial charge in [0.15, 0.2) is 0 Å².